The molecular weight excluding hydrogens is 386 g/mol. The van der Waals surface area contributed by atoms with Crippen LogP contribution in [0.25, 0.3) is 4.96 Å². The largest absolute Gasteiger partial charge is 0.492 e. The Labute approximate surface area is 172 Å². The zero-order valence-electron chi connectivity index (χ0n) is 16.4. The lowest BCUT2D eigenvalue weighted by Gasteiger charge is -2.39. The average molecular weight is 410 g/mol. The second-order valence-corrected chi connectivity index (χ2v) is 8.36. The number of benzene rings is 1. The zero-order valence-corrected chi connectivity index (χ0v) is 17.3. The molecule has 1 aromatic carbocycles. The summed E-state index contributed by atoms with van der Waals surface area (Å²) in [5.74, 6) is 2.50. The lowest BCUT2D eigenvalue weighted by atomic mass is 10.1. The van der Waals surface area contributed by atoms with Gasteiger partial charge in [-0.2, -0.15) is 4.52 Å². The molecule has 1 saturated heterocycles. The van der Waals surface area contributed by atoms with Crippen LogP contribution in [0, 0.1) is 13.8 Å². The van der Waals surface area contributed by atoms with E-state index in [1.165, 1.54) is 21.5 Å². The van der Waals surface area contributed by atoms with E-state index in [0.29, 0.717) is 10.8 Å². The van der Waals surface area contributed by atoms with Crippen molar-refractivity contribution < 1.29 is 9.52 Å². The summed E-state index contributed by atoms with van der Waals surface area (Å²) in [5, 5.41) is 15.2. The number of aromatic nitrogens is 3. The van der Waals surface area contributed by atoms with Gasteiger partial charge in [0.25, 0.3) is 0 Å². The average Bonchev–Trinajstić information content (AvgIpc) is 3.40. The Kier molecular flexibility index (Phi) is 4.52. The van der Waals surface area contributed by atoms with Gasteiger partial charge in [0.2, 0.25) is 10.8 Å². The second kappa shape index (κ2) is 7.20. The number of para-hydroxylation sites is 1. The molecule has 7 nitrogen and oxygen atoms in total. The van der Waals surface area contributed by atoms with Crippen LogP contribution in [-0.2, 0) is 0 Å². The summed E-state index contributed by atoms with van der Waals surface area (Å²) >= 11 is 1.47. The van der Waals surface area contributed by atoms with Gasteiger partial charge in [-0.3, -0.25) is 4.90 Å². The van der Waals surface area contributed by atoms with Gasteiger partial charge in [0.15, 0.2) is 0 Å². The fourth-order valence-electron chi connectivity index (χ4n) is 3.98. The zero-order chi connectivity index (χ0) is 20.0. The molecule has 0 aliphatic carbocycles. The minimum absolute atomic E-state index is 0.148. The number of aryl methyl sites for hydroxylation is 2. The molecule has 150 valence electrons. The number of hydrogen-bond acceptors (Lipinski definition) is 7. The van der Waals surface area contributed by atoms with Crippen LogP contribution in [0.5, 0.6) is 5.88 Å². The van der Waals surface area contributed by atoms with Gasteiger partial charge in [-0.15, -0.1) is 5.10 Å². The lowest BCUT2D eigenvalue weighted by Crippen LogP contribution is -2.47. The van der Waals surface area contributed by atoms with E-state index in [2.05, 4.69) is 44.1 Å². The maximum absolute atomic E-state index is 10.9. The van der Waals surface area contributed by atoms with Crippen LogP contribution in [0.4, 0.5) is 5.69 Å². The molecule has 5 rings (SSSR count). The number of thiazole rings is 1. The molecule has 0 spiro atoms. The number of piperazine rings is 1. The summed E-state index contributed by atoms with van der Waals surface area (Å²) < 4.78 is 7.53. The monoisotopic (exact) mass is 409 g/mol. The van der Waals surface area contributed by atoms with E-state index in [0.717, 1.165) is 42.6 Å². The molecule has 1 N–H and O–H groups in total. The lowest BCUT2D eigenvalue weighted by molar-refractivity contribution is 0.190. The molecule has 4 aromatic rings. The fraction of sp³-hybridized carbons (Fsp3) is 0.333. The van der Waals surface area contributed by atoms with Crippen molar-refractivity contribution in [1.82, 2.24) is 19.5 Å². The maximum atomic E-state index is 10.9. The highest BCUT2D eigenvalue weighted by molar-refractivity contribution is 7.17. The normalized spacial score (nSPS) is 16.6. The van der Waals surface area contributed by atoms with E-state index in [-0.39, 0.29) is 11.9 Å². The smallest absolute Gasteiger partial charge is 0.230 e. The number of furan rings is 1. The molecule has 3 aromatic heterocycles. The van der Waals surface area contributed by atoms with Crippen molar-refractivity contribution in [2.75, 3.05) is 31.1 Å². The van der Waals surface area contributed by atoms with Gasteiger partial charge >= 0.3 is 0 Å². The Morgan fingerprint density at radius 1 is 1.03 bits per heavy atom. The fourth-order valence-corrected chi connectivity index (χ4v) is 5.12. The van der Waals surface area contributed by atoms with E-state index < -0.39 is 0 Å². The van der Waals surface area contributed by atoms with Crippen LogP contribution < -0.4 is 4.90 Å². The molecule has 0 bridgehead atoms. The van der Waals surface area contributed by atoms with Crippen LogP contribution in [0.1, 0.15) is 28.3 Å². The molecule has 0 unspecified atom stereocenters. The van der Waals surface area contributed by atoms with Gasteiger partial charge in [-0.05, 0) is 38.1 Å². The summed E-state index contributed by atoms with van der Waals surface area (Å²) in [5.41, 5.74) is 1.25. The summed E-state index contributed by atoms with van der Waals surface area (Å²) in [6.45, 7) is 7.34. The van der Waals surface area contributed by atoms with Crippen LogP contribution in [0.3, 0.4) is 0 Å². The van der Waals surface area contributed by atoms with Gasteiger partial charge in [0.05, 0.1) is 4.88 Å². The number of nitrogens with zero attached hydrogens (tertiary/aromatic N) is 5. The van der Waals surface area contributed by atoms with Gasteiger partial charge in [0, 0.05) is 31.9 Å². The van der Waals surface area contributed by atoms with Crippen molar-refractivity contribution in [3.63, 3.8) is 0 Å². The Bertz CT molecular complexity index is 1120. The molecule has 1 aliphatic rings. The first-order valence-corrected chi connectivity index (χ1v) is 10.6. The number of aromatic hydroxyl groups is 1. The third-order valence-corrected chi connectivity index (χ3v) is 6.46. The molecule has 0 saturated carbocycles. The van der Waals surface area contributed by atoms with E-state index in [4.69, 9.17) is 4.42 Å². The first-order chi connectivity index (χ1) is 14.1. The van der Waals surface area contributed by atoms with Crippen molar-refractivity contribution in [2.45, 2.75) is 19.9 Å². The SMILES string of the molecule is Cc1nc2sc([C@@H](c3ccc(C)o3)N3CCN(c4ccccc4)CC3)c(O)n2n1. The van der Waals surface area contributed by atoms with E-state index in [1.807, 2.05) is 32.0 Å². The van der Waals surface area contributed by atoms with Crippen molar-refractivity contribution >= 4 is 22.0 Å². The number of fused-ring (bicyclic) bond motifs is 1. The first kappa shape index (κ1) is 18.2. The standard InChI is InChI=1S/C21H23N5O2S/c1-14-8-9-17(28-14)18(19-20(27)26-21(29-19)22-15(2)23-26)25-12-10-24(11-13-25)16-6-4-3-5-7-16/h3-9,18,27H,10-13H2,1-2H3/t18-/m1/s1. The van der Waals surface area contributed by atoms with Crippen molar-refractivity contribution in [3.8, 4) is 5.88 Å². The van der Waals surface area contributed by atoms with E-state index in [1.54, 1.807) is 0 Å². The molecule has 1 atom stereocenters. The molecule has 8 heteroatoms. The van der Waals surface area contributed by atoms with Gasteiger partial charge < -0.3 is 14.4 Å². The minimum atomic E-state index is -0.157. The van der Waals surface area contributed by atoms with Crippen molar-refractivity contribution in [3.05, 3.63) is 64.7 Å². The molecule has 1 aliphatic heterocycles. The molecule has 0 amide bonds. The van der Waals surface area contributed by atoms with Crippen LogP contribution in [0.15, 0.2) is 46.9 Å². The van der Waals surface area contributed by atoms with E-state index >= 15 is 0 Å². The summed E-state index contributed by atoms with van der Waals surface area (Å²) in [4.78, 5) is 10.7. The van der Waals surface area contributed by atoms with Gasteiger partial charge in [0.1, 0.15) is 23.4 Å². The highest BCUT2D eigenvalue weighted by Crippen LogP contribution is 2.40. The molecular formula is C21H23N5O2S. The Balaban J connectivity index is 1.47. The summed E-state index contributed by atoms with van der Waals surface area (Å²) in [6.07, 6.45) is 0. The quantitative estimate of drug-likeness (QED) is 0.555. The predicted molar refractivity (Wildman–Crippen MR) is 113 cm³/mol. The molecule has 0 radical (unpaired) electrons. The highest BCUT2D eigenvalue weighted by atomic mass is 32.1. The third-order valence-electron chi connectivity index (χ3n) is 5.39. The molecule has 1 fully saturated rings. The summed E-state index contributed by atoms with van der Waals surface area (Å²) in [6, 6.07) is 14.3. The van der Waals surface area contributed by atoms with Crippen molar-refractivity contribution in [2.24, 2.45) is 0 Å². The molecule has 4 heterocycles. The van der Waals surface area contributed by atoms with Crippen LogP contribution in [0.2, 0.25) is 0 Å². The second-order valence-electron chi connectivity index (χ2n) is 7.35. The maximum Gasteiger partial charge on any atom is 0.230 e. The van der Waals surface area contributed by atoms with E-state index in [9.17, 15) is 5.11 Å². The minimum Gasteiger partial charge on any atom is -0.492 e. The topological polar surface area (TPSA) is 70.0 Å². The first-order valence-electron chi connectivity index (χ1n) is 9.75. The van der Waals surface area contributed by atoms with Crippen LogP contribution in [-0.4, -0.2) is 50.8 Å². The number of rotatable bonds is 4. The Hall–Kier alpha value is -2.84. The van der Waals surface area contributed by atoms with Crippen molar-refractivity contribution in [1.29, 1.82) is 0 Å². The van der Waals surface area contributed by atoms with Gasteiger partial charge in [-0.25, -0.2) is 4.98 Å². The predicted octanol–water partition coefficient (Wildman–Crippen LogP) is 3.62. The Morgan fingerprint density at radius 2 is 1.79 bits per heavy atom. The highest BCUT2D eigenvalue weighted by Gasteiger charge is 2.33. The number of hydrogen-bond donors (Lipinski definition) is 1. The molecule has 29 heavy (non-hydrogen) atoms. The number of anilines is 1. The Morgan fingerprint density at radius 3 is 2.45 bits per heavy atom. The van der Waals surface area contributed by atoms with Gasteiger partial charge in [-0.1, -0.05) is 29.5 Å². The third kappa shape index (κ3) is 3.28. The summed E-state index contributed by atoms with van der Waals surface area (Å²) in [7, 11) is 0. The van der Waals surface area contributed by atoms with Crippen LogP contribution >= 0.6 is 11.3 Å².